The molecule has 2 nitrogen and oxygen atoms in total. The van der Waals surface area contributed by atoms with Crippen LogP contribution in [0.5, 0.6) is 0 Å². The van der Waals surface area contributed by atoms with Crippen LogP contribution < -0.4 is 0 Å². The van der Waals surface area contributed by atoms with Crippen LogP contribution in [0.4, 0.5) is 26.3 Å². The van der Waals surface area contributed by atoms with Gasteiger partial charge in [0, 0.05) is 14.2 Å². The van der Waals surface area contributed by atoms with Gasteiger partial charge in [-0.3, -0.25) is 0 Å². The Morgan fingerprint density at radius 1 is 0.778 bits per heavy atom. The van der Waals surface area contributed by atoms with Crippen molar-refractivity contribution in [1.82, 2.24) is 0 Å². The molecular formula is C18H32F6O2Si. The highest BCUT2D eigenvalue weighted by atomic mass is 28.4. The van der Waals surface area contributed by atoms with E-state index in [0.29, 0.717) is 19.3 Å². The van der Waals surface area contributed by atoms with Crippen LogP contribution in [-0.2, 0) is 8.85 Å². The highest BCUT2D eigenvalue weighted by Gasteiger charge is 2.75. The van der Waals surface area contributed by atoms with E-state index < -0.39 is 37.7 Å². The van der Waals surface area contributed by atoms with Crippen molar-refractivity contribution in [3.63, 3.8) is 0 Å². The molecule has 0 aromatic carbocycles. The number of fused-ring (bicyclic) bond motifs is 2. The molecular weight excluding hydrogens is 390 g/mol. The van der Waals surface area contributed by atoms with Crippen molar-refractivity contribution in [3.8, 4) is 0 Å². The van der Waals surface area contributed by atoms with Gasteiger partial charge in [-0.15, -0.1) is 0 Å². The van der Waals surface area contributed by atoms with Gasteiger partial charge in [-0.2, -0.15) is 26.3 Å². The molecule has 0 N–H and O–H groups in total. The molecule has 2 rings (SSSR count). The summed E-state index contributed by atoms with van der Waals surface area (Å²) in [6.07, 6.45) is -7.58. The Balaban J connectivity index is 0.000000445. The molecule has 0 amide bonds. The molecule has 2 saturated carbocycles. The molecule has 9 heteroatoms. The first-order valence-corrected chi connectivity index (χ1v) is 12.0. The third-order valence-electron chi connectivity index (χ3n) is 7.07. The molecule has 2 aliphatic carbocycles. The molecule has 3 unspecified atom stereocenters. The summed E-state index contributed by atoms with van der Waals surface area (Å²) >= 11 is 0. The average Bonchev–Trinajstić information content (AvgIpc) is 3.15. The Kier molecular flexibility index (Phi) is 7.20. The second kappa shape index (κ2) is 7.86. The Bertz CT molecular complexity index is 481. The molecule has 0 saturated heterocycles. The molecule has 2 bridgehead atoms. The standard InChI is InChI=1S/C14H20F6.C4H12O2Si/c1-11(2,10-7-8-4-5-9(10)6-8)12(3,13(15,16)17)14(18,19)20;1-5-7(3,4)6-2/h8-10H,4-7H2,1-3H3;1-4H3. The smallest absolute Gasteiger partial charge is 0.398 e. The van der Waals surface area contributed by atoms with E-state index in [2.05, 4.69) is 0 Å². The van der Waals surface area contributed by atoms with Gasteiger partial charge in [0.05, 0.1) is 0 Å². The maximum atomic E-state index is 13.3. The fourth-order valence-electron chi connectivity index (χ4n) is 4.47. The van der Waals surface area contributed by atoms with Crippen molar-refractivity contribution in [1.29, 1.82) is 0 Å². The quantitative estimate of drug-likeness (QED) is 0.377. The van der Waals surface area contributed by atoms with Crippen LogP contribution in [0.25, 0.3) is 0 Å². The first-order chi connectivity index (χ1) is 11.9. The predicted molar refractivity (Wildman–Crippen MR) is 94.4 cm³/mol. The zero-order valence-corrected chi connectivity index (χ0v) is 18.1. The van der Waals surface area contributed by atoms with Gasteiger partial charge >= 0.3 is 20.9 Å². The van der Waals surface area contributed by atoms with E-state index in [-0.39, 0.29) is 5.92 Å². The highest BCUT2D eigenvalue weighted by Crippen LogP contribution is 2.67. The van der Waals surface area contributed by atoms with E-state index in [1.54, 1.807) is 14.2 Å². The monoisotopic (exact) mass is 422 g/mol. The van der Waals surface area contributed by atoms with Crippen molar-refractivity contribution in [2.45, 2.75) is 71.9 Å². The second-order valence-electron chi connectivity index (χ2n) is 8.93. The lowest BCUT2D eigenvalue weighted by molar-refractivity contribution is -0.375. The Labute approximate surface area is 159 Å². The summed E-state index contributed by atoms with van der Waals surface area (Å²) in [4.78, 5) is 0. The van der Waals surface area contributed by atoms with Crippen LogP contribution in [0.15, 0.2) is 0 Å². The predicted octanol–water partition coefficient (Wildman–Crippen LogP) is 6.56. The summed E-state index contributed by atoms with van der Waals surface area (Å²) in [5.41, 5.74) is -5.51. The number of halogens is 6. The molecule has 0 aliphatic heterocycles. The van der Waals surface area contributed by atoms with Gasteiger partial charge < -0.3 is 8.85 Å². The summed E-state index contributed by atoms with van der Waals surface area (Å²) in [6, 6.07) is 0. The summed E-state index contributed by atoms with van der Waals surface area (Å²) in [6.45, 7) is 6.62. The molecule has 0 radical (unpaired) electrons. The normalized spacial score (nSPS) is 26.8. The Hall–Kier alpha value is -0.283. The molecule has 2 fully saturated rings. The maximum absolute atomic E-state index is 13.3. The van der Waals surface area contributed by atoms with Crippen LogP contribution in [-0.4, -0.2) is 35.1 Å². The number of hydrogen-bond donors (Lipinski definition) is 0. The lowest BCUT2D eigenvalue weighted by Gasteiger charge is -2.51. The fourth-order valence-corrected chi connectivity index (χ4v) is 4.64. The zero-order chi connectivity index (χ0) is 21.5. The minimum atomic E-state index is -5.30. The van der Waals surface area contributed by atoms with E-state index in [1.807, 2.05) is 13.1 Å². The Morgan fingerprint density at radius 3 is 1.44 bits per heavy atom. The molecule has 162 valence electrons. The maximum Gasteiger partial charge on any atom is 0.403 e. The van der Waals surface area contributed by atoms with Gasteiger partial charge in [-0.1, -0.05) is 20.3 Å². The summed E-state index contributed by atoms with van der Waals surface area (Å²) in [7, 11) is 1.70. The van der Waals surface area contributed by atoms with Crippen LogP contribution in [0.2, 0.25) is 13.1 Å². The van der Waals surface area contributed by atoms with E-state index in [0.717, 1.165) is 33.1 Å². The second-order valence-corrected chi connectivity index (χ2v) is 12.5. The third-order valence-corrected chi connectivity index (χ3v) is 9.04. The van der Waals surface area contributed by atoms with Gasteiger partial charge in [0.2, 0.25) is 0 Å². The zero-order valence-electron chi connectivity index (χ0n) is 17.1. The fraction of sp³-hybridized carbons (Fsp3) is 1.00. The van der Waals surface area contributed by atoms with Crippen molar-refractivity contribution in [2.75, 3.05) is 14.2 Å². The van der Waals surface area contributed by atoms with E-state index in [1.165, 1.54) is 0 Å². The van der Waals surface area contributed by atoms with Crippen LogP contribution in [0.1, 0.15) is 46.5 Å². The van der Waals surface area contributed by atoms with Crippen molar-refractivity contribution >= 4 is 8.56 Å². The first kappa shape index (κ1) is 24.8. The molecule has 0 spiro atoms. The van der Waals surface area contributed by atoms with Crippen LogP contribution in [0.3, 0.4) is 0 Å². The van der Waals surface area contributed by atoms with Crippen molar-refractivity contribution in [3.05, 3.63) is 0 Å². The molecule has 0 aromatic rings. The van der Waals surface area contributed by atoms with Crippen molar-refractivity contribution < 1.29 is 35.2 Å². The van der Waals surface area contributed by atoms with Gasteiger partial charge in [0.15, 0.2) is 5.41 Å². The van der Waals surface area contributed by atoms with Crippen LogP contribution >= 0.6 is 0 Å². The van der Waals surface area contributed by atoms with E-state index >= 15 is 0 Å². The largest absolute Gasteiger partial charge is 0.403 e. The highest BCUT2D eigenvalue weighted by molar-refractivity contribution is 6.64. The van der Waals surface area contributed by atoms with Gasteiger partial charge in [-0.25, -0.2) is 0 Å². The number of rotatable bonds is 4. The van der Waals surface area contributed by atoms with E-state index in [4.69, 9.17) is 8.85 Å². The summed E-state index contributed by atoms with van der Waals surface area (Å²) in [5.74, 6) is -0.177. The lowest BCUT2D eigenvalue weighted by Crippen LogP contribution is -2.59. The molecule has 27 heavy (non-hydrogen) atoms. The minimum Gasteiger partial charge on any atom is -0.398 e. The molecule has 2 aliphatic rings. The lowest BCUT2D eigenvalue weighted by atomic mass is 9.56. The summed E-state index contributed by atoms with van der Waals surface area (Å²) < 4.78 is 89.6. The van der Waals surface area contributed by atoms with Gasteiger partial charge in [-0.05, 0) is 62.4 Å². The minimum absolute atomic E-state index is 0.0130. The van der Waals surface area contributed by atoms with E-state index in [9.17, 15) is 26.3 Å². The van der Waals surface area contributed by atoms with Gasteiger partial charge in [0.1, 0.15) is 0 Å². The molecule has 0 aromatic heterocycles. The molecule has 3 atom stereocenters. The first-order valence-electron chi connectivity index (χ1n) is 9.18. The molecule has 0 heterocycles. The van der Waals surface area contributed by atoms with Gasteiger partial charge in [0.25, 0.3) is 0 Å². The third kappa shape index (κ3) is 4.66. The average molecular weight is 423 g/mol. The van der Waals surface area contributed by atoms with Crippen LogP contribution in [0, 0.1) is 28.6 Å². The Morgan fingerprint density at radius 2 is 1.22 bits per heavy atom. The number of alkyl halides is 6. The summed E-state index contributed by atoms with van der Waals surface area (Å²) in [5, 5.41) is 0. The van der Waals surface area contributed by atoms with Crippen molar-refractivity contribution in [2.24, 2.45) is 28.6 Å². The topological polar surface area (TPSA) is 18.5 Å². The number of hydrogen-bond acceptors (Lipinski definition) is 2. The SMILES string of the molecule is CC(C)(C1CC2CCC1C2)C(C)(C(F)(F)F)C(F)(F)F.CO[Si](C)(C)OC.